The number of nitrogens with zero attached hydrogens (tertiary/aromatic N) is 1. The van der Waals surface area contributed by atoms with Crippen LogP contribution in [0.15, 0.2) is 35.3 Å². The van der Waals surface area contributed by atoms with Crippen LogP contribution in [0.2, 0.25) is 0 Å². The fourth-order valence-corrected chi connectivity index (χ4v) is 4.68. The number of aliphatic imine (C=N–C) groups is 1. The molecule has 0 fully saturated rings. The van der Waals surface area contributed by atoms with E-state index < -0.39 is 44.6 Å². The van der Waals surface area contributed by atoms with Crippen molar-refractivity contribution in [1.82, 2.24) is 0 Å². The average Bonchev–Trinajstić information content (AvgIpc) is 3.06. The predicted octanol–water partition coefficient (Wildman–Crippen LogP) is 0.318. The number of halogens is 1. The molecule has 2 rings (SSSR count). The summed E-state index contributed by atoms with van der Waals surface area (Å²) in [5.41, 5.74) is 0.686. The Kier molecular flexibility index (Phi) is 7.61. The Bertz CT molecular complexity index is 872. The summed E-state index contributed by atoms with van der Waals surface area (Å²) >= 11 is 1.83. The third kappa shape index (κ3) is 6.94. The zero-order valence-corrected chi connectivity index (χ0v) is 18.3. The first-order chi connectivity index (χ1) is 12.5. The van der Waals surface area contributed by atoms with Crippen molar-refractivity contribution in [3.8, 4) is 0 Å². The van der Waals surface area contributed by atoms with Gasteiger partial charge in [0, 0.05) is 9.99 Å². The van der Waals surface area contributed by atoms with Gasteiger partial charge in [-0.2, -0.15) is 16.8 Å². The summed E-state index contributed by atoms with van der Waals surface area (Å²) < 4.78 is 61.7. The number of aliphatic hydroxyl groups excluding tert-OH is 1. The van der Waals surface area contributed by atoms with E-state index >= 15 is 0 Å². The summed E-state index contributed by atoms with van der Waals surface area (Å²) in [4.78, 5) is 4.31. The highest BCUT2D eigenvalue weighted by Gasteiger charge is 2.41. The smallest absolute Gasteiger partial charge is 0.264 e. The maximum atomic E-state index is 11.7. The molecule has 1 aromatic rings. The quantitative estimate of drug-likeness (QED) is 0.273. The van der Waals surface area contributed by atoms with E-state index in [0.29, 0.717) is 5.56 Å². The summed E-state index contributed by atoms with van der Waals surface area (Å²) in [5.74, 6) is 0.282. The van der Waals surface area contributed by atoms with Gasteiger partial charge >= 0.3 is 0 Å². The number of hydrogen-bond acceptors (Lipinski definition) is 9. The van der Waals surface area contributed by atoms with E-state index in [0.717, 1.165) is 12.5 Å². The van der Waals surface area contributed by atoms with Gasteiger partial charge in [-0.05, 0) is 12.1 Å². The van der Waals surface area contributed by atoms with Crippen LogP contribution in [0.5, 0.6) is 0 Å². The van der Waals surface area contributed by atoms with E-state index in [9.17, 15) is 21.9 Å². The maximum Gasteiger partial charge on any atom is 0.264 e. The lowest BCUT2D eigenvalue weighted by molar-refractivity contribution is -0.0346. The van der Waals surface area contributed by atoms with Gasteiger partial charge in [0.25, 0.3) is 20.2 Å². The Morgan fingerprint density at radius 2 is 1.78 bits per heavy atom. The Morgan fingerprint density at radius 1 is 1.19 bits per heavy atom. The van der Waals surface area contributed by atoms with E-state index in [1.807, 2.05) is 28.7 Å². The SMILES string of the molecule is CS(=O)(=O)O[C@@H]([C@H](O)[C@@H](CI)OS(C)(=O)=O)[C@@H]1COC(c2ccccc2)=N1. The van der Waals surface area contributed by atoms with Gasteiger partial charge in [-0.15, -0.1) is 0 Å². The van der Waals surface area contributed by atoms with Gasteiger partial charge in [-0.3, -0.25) is 8.37 Å². The molecule has 0 aromatic heterocycles. The molecule has 1 aliphatic heterocycles. The van der Waals surface area contributed by atoms with Gasteiger partial charge in [-0.1, -0.05) is 40.8 Å². The first-order valence-electron chi connectivity index (χ1n) is 7.77. The highest BCUT2D eigenvalue weighted by molar-refractivity contribution is 14.1. The molecule has 0 saturated heterocycles. The van der Waals surface area contributed by atoms with Crippen molar-refractivity contribution in [3.05, 3.63) is 35.9 Å². The number of benzene rings is 1. The van der Waals surface area contributed by atoms with E-state index in [4.69, 9.17) is 13.1 Å². The summed E-state index contributed by atoms with van der Waals surface area (Å²) in [6.07, 6.45) is -2.47. The third-order valence-corrected chi connectivity index (χ3v) is 5.56. The second-order valence-corrected chi connectivity index (χ2v) is 10.0. The van der Waals surface area contributed by atoms with Crippen LogP contribution < -0.4 is 0 Å². The van der Waals surface area contributed by atoms with Crippen molar-refractivity contribution >= 4 is 48.7 Å². The summed E-state index contributed by atoms with van der Waals surface area (Å²) in [6, 6.07) is 8.08. The highest BCUT2D eigenvalue weighted by atomic mass is 127. The molecule has 0 radical (unpaired) electrons. The van der Waals surface area contributed by atoms with Gasteiger partial charge in [0.05, 0.1) is 12.5 Å². The molecule has 0 amide bonds. The van der Waals surface area contributed by atoms with Gasteiger partial charge in [0.2, 0.25) is 5.90 Å². The number of alkyl halides is 1. The van der Waals surface area contributed by atoms with Crippen LogP contribution in [0.1, 0.15) is 5.56 Å². The largest absolute Gasteiger partial charge is 0.475 e. The van der Waals surface area contributed by atoms with Crippen LogP contribution in [0.25, 0.3) is 0 Å². The molecule has 0 aliphatic carbocycles. The van der Waals surface area contributed by atoms with Crippen molar-refractivity contribution in [1.29, 1.82) is 0 Å². The van der Waals surface area contributed by atoms with Crippen LogP contribution in [0.3, 0.4) is 0 Å². The third-order valence-electron chi connectivity index (χ3n) is 3.53. The molecule has 1 N–H and O–H groups in total. The fourth-order valence-electron chi connectivity index (χ4n) is 2.46. The molecule has 1 aliphatic rings. The number of hydrogen-bond donors (Lipinski definition) is 1. The Morgan fingerprint density at radius 3 is 2.30 bits per heavy atom. The highest BCUT2D eigenvalue weighted by Crippen LogP contribution is 2.23. The molecular weight excluding hydrogens is 513 g/mol. The molecule has 9 nitrogen and oxygen atoms in total. The molecule has 0 unspecified atom stereocenters. The van der Waals surface area contributed by atoms with Crippen molar-refractivity contribution in [2.45, 2.75) is 24.4 Å². The standard InChI is InChI=1S/C15H20INO8S2/c1-26(19,20)24-12(8-16)13(18)14(25-27(2,21)22)11-9-23-15(17-11)10-6-4-3-5-7-10/h3-7,11-14,18H,8-9H2,1-2H3/t11-,12+,13+,14+/m0/s1. The van der Waals surface area contributed by atoms with Crippen LogP contribution in [0, 0.1) is 0 Å². The van der Waals surface area contributed by atoms with Gasteiger partial charge in [0.15, 0.2) is 0 Å². The molecule has 4 atom stereocenters. The van der Waals surface area contributed by atoms with Crippen LogP contribution in [-0.2, 0) is 33.3 Å². The topological polar surface area (TPSA) is 129 Å². The molecule has 12 heteroatoms. The average molecular weight is 533 g/mol. The van der Waals surface area contributed by atoms with Gasteiger partial charge < -0.3 is 9.84 Å². The molecule has 27 heavy (non-hydrogen) atoms. The molecule has 0 spiro atoms. The number of ether oxygens (including phenoxy) is 1. The Labute approximate surface area is 172 Å². The normalized spacial score (nSPS) is 21.2. The summed E-state index contributed by atoms with van der Waals surface area (Å²) in [6.45, 7) is -0.0334. The fraction of sp³-hybridized carbons (Fsp3) is 0.533. The maximum absolute atomic E-state index is 11.7. The van der Waals surface area contributed by atoms with Crippen LogP contribution in [-0.4, -0.2) is 75.7 Å². The molecule has 0 bridgehead atoms. The van der Waals surface area contributed by atoms with Crippen molar-refractivity contribution in [3.63, 3.8) is 0 Å². The minimum Gasteiger partial charge on any atom is -0.475 e. The lowest BCUT2D eigenvalue weighted by Crippen LogP contribution is -2.49. The first-order valence-corrected chi connectivity index (χ1v) is 12.9. The van der Waals surface area contributed by atoms with E-state index in [1.54, 1.807) is 24.3 Å². The van der Waals surface area contributed by atoms with E-state index in [1.165, 1.54) is 0 Å². The minimum absolute atomic E-state index is 0.0334. The lowest BCUT2D eigenvalue weighted by Gasteiger charge is -2.29. The Hall–Kier alpha value is -0.800. The molecular formula is C15H20INO8S2. The van der Waals surface area contributed by atoms with Crippen molar-refractivity contribution < 1.29 is 35.0 Å². The Balaban J connectivity index is 2.30. The van der Waals surface area contributed by atoms with Gasteiger partial charge in [-0.25, -0.2) is 4.99 Å². The zero-order valence-electron chi connectivity index (χ0n) is 14.6. The first kappa shape index (κ1) is 22.5. The second-order valence-electron chi connectivity index (χ2n) is 5.93. The zero-order chi connectivity index (χ0) is 20.2. The number of aliphatic hydroxyl groups is 1. The van der Waals surface area contributed by atoms with Crippen LogP contribution >= 0.6 is 22.6 Å². The molecule has 152 valence electrons. The molecule has 0 saturated carbocycles. The second kappa shape index (κ2) is 9.13. The molecule has 1 heterocycles. The molecule has 1 aromatic carbocycles. The van der Waals surface area contributed by atoms with E-state index in [2.05, 4.69) is 4.99 Å². The van der Waals surface area contributed by atoms with Crippen molar-refractivity contribution in [2.24, 2.45) is 4.99 Å². The summed E-state index contributed by atoms with van der Waals surface area (Å²) in [7, 11) is -7.84. The lowest BCUT2D eigenvalue weighted by atomic mass is 10.0. The van der Waals surface area contributed by atoms with E-state index in [-0.39, 0.29) is 16.9 Å². The number of rotatable bonds is 9. The van der Waals surface area contributed by atoms with Gasteiger partial charge in [0.1, 0.15) is 31.0 Å². The van der Waals surface area contributed by atoms with Crippen molar-refractivity contribution in [2.75, 3.05) is 23.5 Å². The predicted molar refractivity (Wildman–Crippen MR) is 107 cm³/mol. The monoisotopic (exact) mass is 533 g/mol. The summed E-state index contributed by atoms with van der Waals surface area (Å²) in [5, 5.41) is 10.6. The van der Waals surface area contributed by atoms with Crippen LogP contribution in [0.4, 0.5) is 0 Å². The minimum atomic E-state index is -3.97.